The molecule has 0 bridgehead atoms. The van der Waals surface area contributed by atoms with Crippen molar-refractivity contribution in [1.82, 2.24) is 0 Å². The molecule has 0 heterocycles. The van der Waals surface area contributed by atoms with E-state index in [1.54, 1.807) is 12.4 Å². The minimum atomic E-state index is 0. The third-order valence-corrected chi connectivity index (χ3v) is 2.44. The first-order valence-corrected chi connectivity index (χ1v) is 4.88. The summed E-state index contributed by atoms with van der Waals surface area (Å²) >= 11 is 0. The third kappa shape index (κ3) is 2.10. The molecule has 0 amide bonds. The highest BCUT2D eigenvalue weighted by Crippen LogP contribution is 2.26. The molecule has 2 rings (SSSR count). The van der Waals surface area contributed by atoms with E-state index in [1.807, 2.05) is 23.1 Å². The van der Waals surface area contributed by atoms with Crippen LogP contribution >= 0.6 is 12.4 Å². The number of halogens is 1. The number of rotatable bonds is 3. The van der Waals surface area contributed by atoms with Gasteiger partial charge in [-0.2, -0.15) is 0 Å². The molecule has 1 nitrogen and oxygen atoms in total. The maximum absolute atomic E-state index is 3.77. The monoisotopic (exact) mass is 231 g/mol. The summed E-state index contributed by atoms with van der Waals surface area (Å²) in [7, 11) is 0. The van der Waals surface area contributed by atoms with Crippen LogP contribution in [0.25, 0.3) is 10.8 Å². The lowest BCUT2D eigenvalue weighted by atomic mass is 10.1. The molecule has 0 radical (unpaired) electrons. The van der Waals surface area contributed by atoms with Gasteiger partial charge >= 0.3 is 0 Å². The Kier molecular flexibility index (Phi) is 4.15. The van der Waals surface area contributed by atoms with Gasteiger partial charge < -0.3 is 4.90 Å². The molecule has 0 aliphatic carbocycles. The van der Waals surface area contributed by atoms with Crippen LogP contribution in [0, 0.1) is 0 Å². The molecule has 82 valence electrons. The van der Waals surface area contributed by atoms with Gasteiger partial charge in [0, 0.05) is 17.8 Å². The summed E-state index contributed by atoms with van der Waals surface area (Å²) in [5.41, 5.74) is 1.11. The van der Waals surface area contributed by atoms with Crippen molar-refractivity contribution in [1.29, 1.82) is 0 Å². The van der Waals surface area contributed by atoms with Crippen LogP contribution in [0.2, 0.25) is 0 Å². The predicted octanol–water partition coefficient (Wildman–Crippen LogP) is 4.36. The van der Waals surface area contributed by atoms with Gasteiger partial charge in [-0.1, -0.05) is 49.6 Å². The number of anilines is 1. The van der Waals surface area contributed by atoms with Crippen LogP contribution in [-0.2, 0) is 0 Å². The van der Waals surface area contributed by atoms with E-state index in [0.29, 0.717) is 0 Å². The second kappa shape index (κ2) is 5.38. The van der Waals surface area contributed by atoms with E-state index in [2.05, 4.69) is 37.4 Å². The largest absolute Gasteiger partial charge is 0.324 e. The Morgan fingerprint density at radius 3 is 2.19 bits per heavy atom. The molecule has 2 heteroatoms. The Bertz CT molecular complexity index is 492. The number of nitrogens with zero attached hydrogens (tertiary/aromatic N) is 1. The molecule has 0 aliphatic heterocycles. The average Bonchev–Trinajstić information content (AvgIpc) is 2.31. The SMILES string of the molecule is C=CN(C=C)c1cccc2ccccc12.Cl. The van der Waals surface area contributed by atoms with Crippen LogP contribution in [-0.4, -0.2) is 0 Å². The maximum Gasteiger partial charge on any atom is 0.0527 e. The Hall–Kier alpha value is -1.73. The molecule has 0 aliphatic rings. The Morgan fingerprint density at radius 2 is 1.50 bits per heavy atom. The standard InChI is InChI=1S/C14H13N.ClH/c1-3-15(4-2)14-11-7-9-12-8-5-6-10-13(12)14;/h3-11H,1-2H2;1H. The lowest BCUT2D eigenvalue weighted by Crippen LogP contribution is -2.05. The number of hydrogen-bond donors (Lipinski definition) is 0. The first-order chi connectivity index (χ1) is 7.36. The number of benzene rings is 2. The summed E-state index contributed by atoms with van der Waals surface area (Å²) < 4.78 is 0. The Morgan fingerprint density at radius 1 is 0.875 bits per heavy atom. The zero-order valence-electron chi connectivity index (χ0n) is 8.97. The summed E-state index contributed by atoms with van der Waals surface area (Å²) in [6.07, 6.45) is 3.52. The second-order valence-corrected chi connectivity index (χ2v) is 3.27. The zero-order valence-corrected chi connectivity index (χ0v) is 9.78. The predicted molar refractivity (Wildman–Crippen MR) is 74.1 cm³/mol. The average molecular weight is 232 g/mol. The van der Waals surface area contributed by atoms with Crippen molar-refractivity contribution < 1.29 is 0 Å². The van der Waals surface area contributed by atoms with Crippen molar-refractivity contribution in [2.24, 2.45) is 0 Å². The van der Waals surface area contributed by atoms with E-state index in [1.165, 1.54) is 10.8 Å². The van der Waals surface area contributed by atoms with E-state index in [9.17, 15) is 0 Å². The summed E-state index contributed by atoms with van der Waals surface area (Å²) in [6, 6.07) is 14.5. The van der Waals surface area contributed by atoms with Crippen molar-refractivity contribution >= 4 is 28.9 Å². The molecular formula is C14H14ClN. The molecule has 0 atom stereocenters. The summed E-state index contributed by atoms with van der Waals surface area (Å²) in [5.74, 6) is 0. The molecule has 0 saturated carbocycles. The molecule has 0 saturated heterocycles. The molecule has 0 unspecified atom stereocenters. The molecule has 0 N–H and O–H groups in total. The maximum atomic E-state index is 3.77. The quantitative estimate of drug-likeness (QED) is 0.759. The zero-order chi connectivity index (χ0) is 10.7. The highest BCUT2D eigenvalue weighted by molar-refractivity contribution is 5.95. The molecule has 2 aromatic rings. The number of hydrogen-bond acceptors (Lipinski definition) is 1. The Labute approximate surface area is 102 Å². The minimum absolute atomic E-state index is 0. The first-order valence-electron chi connectivity index (χ1n) is 4.88. The topological polar surface area (TPSA) is 3.24 Å². The van der Waals surface area contributed by atoms with Crippen LogP contribution in [0.3, 0.4) is 0 Å². The van der Waals surface area contributed by atoms with E-state index >= 15 is 0 Å². The van der Waals surface area contributed by atoms with Crippen LogP contribution in [0.5, 0.6) is 0 Å². The van der Waals surface area contributed by atoms with E-state index < -0.39 is 0 Å². The van der Waals surface area contributed by atoms with Gasteiger partial charge in [-0.15, -0.1) is 12.4 Å². The highest BCUT2D eigenvalue weighted by Gasteiger charge is 2.02. The third-order valence-electron chi connectivity index (χ3n) is 2.44. The van der Waals surface area contributed by atoms with Crippen LogP contribution in [0.1, 0.15) is 0 Å². The second-order valence-electron chi connectivity index (χ2n) is 3.27. The molecular weight excluding hydrogens is 218 g/mol. The van der Waals surface area contributed by atoms with Crippen molar-refractivity contribution in [3.63, 3.8) is 0 Å². The van der Waals surface area contributed by atoms with Gasteiger partial charge in [-0.3, -0.25) is 0 Å². The van der Waals surface area contributed by atoms with Gasteiger partial charge in [0.2, 0.25) is 0 Å². The molecule has 0 spiro atoms. The molecule has 0 fully saturated rings. The first kappa shape index (κ1) is 12.3. The minimum Gasteiger partial charge on any atom is -0.324 e. The fourth-order valence-electron chi connectivity index (χ4n) is 1.70. The summed E-state index contributed by atoms with van der Waals surface area (Å²) in [5, 5.41) is 2.43. The Balaban J connectivity index is 0.00000128. The van der Waals surface area contributed by atoms with Crippen LogP contribution in [0.15, 0.2) is 68.0 Å². The van der Waals surface area contributed by atoms with Crippen LogP contribution in [0.4, 0.5) is 5.69 Å². The van der Waals surface area contributed by atoms with Gasteiger partial charge in [0.25, 0.3) is 0 Å². The lowest BCUT2D eigenvalue weighted by molar-refractivity contribution is 1.31. The van der Waals surface area contributed by atoms with Crippen molar-refractivity contribution in [3.05, 3.63) is 68.0 Å². The van der Waals surface area contributed by atoms with E-state index in [0.717, 1.165) is 5.69 Å². The van der Waals surface area contributed by atoms with Gasteiger partial charge in [0.15, 0.2) is 0 Å². The van der Waals surface area contributed by atoms with E-state index in [-0.39, 0.29) is 12.4 Å². The van der Waals surface area contributed by atoms with Gasteiger partial charge in [-0.05, 0) is 11.5 Å². The lowest BCUT2D eigenvalue weighted by Gasteiger charge is -2.16. The summed E-state index contributed by atoms with van der Waals surface area (Å²) in [6.45, 7) is 7.54. The smallest absolute Gasteiger partial charge is 0.0527 e. The number of fused-ring (bicyclic) bond motifs is 1. The van der Waals surface area contributed by atoms with E-state index in [4.69, 9.17) is 0 Å². The fourth-order valence-corrected chi connectivity index (χ4v) is 1.70. The van der Waals surface area contributed by atoms with Crippen molar-refractivity contribution in [2.45, 2.75) is 0 Å². The summed E-state index contributed by atoms with van der Waals surface area (Å²) in [4.78, 5) is 1.92. The van der Waals surface area contributed by atoms with Crippen molar-refractivity contribution in [2.75, 3.05) is 4.90 Å². The fraction of sp³-hybridized carbons (Fsp3) is 0. The van der Waals surface area contributed by atoms with Gasteiger partial charge in [0.05, 0.1) is 5.69 Å². The van der Waals surface area contributed by atoms with Gasteiger partial charge in [-0.25, -0.2) is 0 Å². The van der Waals surface area contributed by atoms with Gasteiger partial charge in [0.1, 0.15) is 0 Å². The molecule has 16 heavy (non-hydrogen) atoms. The molecule has 2 aromatic carbocycles. The van der Waals surface area contributed by atoms with Crippen LogP contribution < -0.4 is 4.90 Å². The normalized spacial score (nSPS) is 9.25. The highest BCUT2D eigenvalue weighted by atomic mass is 35.5. The van der Waals surface area contributed by atoms with Crippen molar-refractivity contribution in [3.8, 4) is 0 Å². The molecule has 0 aromatic heterocycles.